The van der Waals surface area contributed by atoms with Crippen LogP contribution in [0.3, 0.4) is 0 Å². The summed E-state index contributed by atoms with van der Waals surface area (Å²) in [5, 5.41) is 3.06. The topological polar surface area (TPSA) is 58.6 Å². The molecule has 2 amide bonds. The van der Waals surface area contributed by atoms with E-state index in [-0.39, 0.29) is 16.8 Å². The first-order chi connectivity index (χ1) is 14.2. The number of hydrogen-bond donors (Lipinski definition) is 1. The van der Waals surface area contributed by atoms with Crippen molar-refractivity contribution in [1.82, 2.24) is 5.32 Å². The molecular formula is C23H23ClN2O3S. The van der Waals surface area contributed by atoms with Gasteiger partial charge in [-0.15, -0.1) is 0 Å². The third kappa shape index (κ3) is 4.55. The lowest BCUT2D eigenvalue weighted by Crippen LogP contribution is -2.54. The molecule has 2 aromatic rings. The zero-order chi connectivity index (χ0) is 22.0. The van der Waals surface area contributed by atoms with Crippen molar-refractivity contribution >= 4 is 52.5 Å². The maximum atomic E-state index is 13.1. The molecule has 1 heterocycles. The molecular weight excluding hydrogens is 420 g/mol. The van der Waals surface area contributed by atoms with Crippen molar-refractivity contribution in [2.24, 2.45) is 0 Å². The number of anilines is 1. The van der Waals surface area contributed by atoms with Gasteiger partial charge in [0.15, 0.2) is 5.11 Å². The summed E-state index contributed by atoms with van der Waals surface area (Å²) in [6.07, 6.45) is 2.39. The van der Waals surface area contributed by atoms with E-state index in [0.717, 1.165) is 17.5 Å². The van der Waals surface area contributed by atoms with Crippen LogP contribution in [0.4, 0.5) is 5.69 Å². The van der Waals surface area contributed by atoms with Gasteiger partial charge < -0.3 is 4.74 Å². The molecule has 0 aliphatic carbocycles. The van der Waals surface area contributed by atoms with E-state index in [1.54, 1.807) is 24.3 Å². The summed E-state index contributed by atoms with van der Waals surface area (Å²) in [4.78, 5) is 26.9. The quantitative estimate of drug-likeness (QED) is 0.403. The Kier molecular flexibility index (Phi) is 6.58. The molecule has 7 heteroatoms. The molecule has 30 heavy (non-hydrogen) atoms. The fourth-order valence-electron chi connectivity index (χ4n) is 2.93. The van der Waals surface area contributed by atoms with Crippen LogP contribution >= 0.6 is 23.8 Å². The van der Waals surface area contributed by atoms with Gasteiger partial charge in [-0.05, 0) is 86.4 Å². The second kappa shape index (κ2) is 8.98. The van der Waals surface area contributed by atoms with Gasteiger partial charge in [-0.3, -0.25) is 19.8 Å². The highest BCUT2D eigenvalue weighted by molar-refractivity contribution is 7.80. The minimum Gasteiger partial charge on any atom is -0.489 e. The number of carbonyl (C=O) groups excluding carboxylic acids is 2. The Balaban J connectivity index is 1.94. The summed E-state index contributed by atoms with van der Waals surface area (Å²) < 4.78 is 5.77. The standard InChI is InChI=1S/C23H23ClN2O3S/c1-5-15(4)29-20-9-7-16(12-19(20)24)11-18-21(27)25-23(30)26(22(18)28)17-8-6-13(2)14(3)10-17/h6-12,15H,5H2,1-4H3,(H,25,27,30)/b18-11+. The Morgan fingerprint density at radius 2 is 1.90 bits per heavy atom. The van der Waals surface area contributed by atoms with Gasteiger partial charge in [0.05, 0.1) is 16.8 Å². The number of aryl methyl sites for hydroxylation is 2. The average Bonchev–Trinajstić information content (AvgIpc) is 2.69. The van der Waals surface area contributed by atoms with E-state index in [9.17, 15) is 9.59 Å². The van der Waals surface area contributed by atoms with Gasteiger partial charge in [0.2, 0.25) is 0 Å². The van der Waals surface area contributed by atoms with Crippen molar-refractivity contribution in [2.75, 3.05) is 4.90 Å². The highest BCUT2D eigenvalue weighted by atomic mass is 35.5. The van der Waals surface area contributed by atoms with Gasteiger partial charge in [0.1, 0.15) is 11.3 Å². The van der Waals surface area contributed by atoms with Gasteiger partial charge in [-0.25, -0.2) is 0 Å². The Hall–Kier alpha value is -2.70. The third-order valence-electron chi connectivity index (χ3n) is 5.02. The summed E-state index contributed by atoms with van der Waals surface area (Å²) in [7, 11) is 0. The zero-order valence-corrected chi connectivity index (χ0v) is 18.9. The van der Waals surface area contributed by atoms with Crippen LogP contribution in [0, 0.1) is 13.8 Å². The molecule has 1 N–H and O–H groups in total. The number of nitrogens with zero attached hydrogens (tertiary/aromatic N) is 1. The zero-order valence-electron chi connectivity index (χ0n) is 17.3. The first-order valence-electron chi connectivity index (χ1n) is 9.66. The fourth-order valence-corrected chi connectivity index (χ4v) is 3.44. The van der Waals surface area contributed by atoms with E-state index in [1.165, 1.54) is 11.0 Å². The molecule has 0 radical (unpaired) electrons. The van der Waals surface area contributed by atoms with Crippen molar-refractivity contribution in [2.45, 2.75) is 40.2 Å². The van der Waals surface area contributed by atoms with E-state index >= 15 is 0 Å². The van der Waals surface area contributed by atoms with E-state index in [2.05, 4.69) is 5.32 Å². The highest BCUT2D eigenvalue weighted by Gasteiger charge is 2.34. The van der Waals surface area contributed by atoms with Crippen LogP contribution < -0.4 is 15.0 Å². The van der Waals surface area contributed by atoms with Gasteiger partial charge in [-0.2, -0.15) is 0 Å². The molecule has 1 atom stereocenters. The Morgan fingerprint density at radius 1 is 1.17 bits per heavy atom. The van der Waals surface area contributed by atoms with Gasteiger partial charge in [-0.1, -0.05) is 30.7 Å². The van der Waals surface area contributed by atoms with Gasteiger partial charge in [0, 0.05) is 0 Å². The Bertz CT molecular complexity index is 1060. The minimum atomic E-state index is -0.541. The first-order valence-corrected chi connectivity index (χ1v) is 10.4. The fraction of sp³-hybridized carbons (Fsp3) is 0.261. The second-order valence-electron chi connectivity index (χ2n) is 7.25. The van der Waals surface area contributed by atoms with Crippen LogP contribution in [-0.4, -0.2) is 23.0 Å². The van der Waals surface area contributed by atoms with E-state index < -0.39 is 11.8 Å². The van der Waals surface area contributed by atoms with Crippen molar-refractivity contribution in [3.8, 4) is 5.75 Å². The van der Waals surface area contributed by atoms with Crippen molar-refractivity contribution in [3.63, 3.8) is 0 Å². The largest absolute Gasteiger partial charge is 0.489 e. The lowest BCUT2D eigenvalue weighted by Gasteiger charge is -2.29. The summed E-state index contributed by atoms with van der Waals surface area (Å²) in [6, 6.07) is 10.7. The van der Waals surface area contributed by atoms with Crippen LogP contribution in [0.5, 0.6) is 5.75 Å². The number of amides is 2. The van der Waals surface area contributed by atoms with Gasteiger partial charge in [0.25, 0.3) is 11.8 Å². The number of rotatable bonds is 5. The molecule has 3 rings (SSSR count). The van der Waals surface area contributed by atoms with Gasteiger partial charge >= 0.3 is 0 Å². The van der Waals surface area contributed by atoms with Crippen molar-refractivity contribution < 1.29 is 14.3 Å². The molecule has 5 nitrogen and oxygen atoms in total. The van der Waals surface area contributed by atoms with E-state index in [0.29, 0.717) is 22.0 Å². The predicted molar refractivity (Wildman–Crippen MR) is 124 cm³/mol. The van der Waals surface area contributed by atoms with Crippen LogP contribution in [0.2, 0.25) is 5.02 Å². The maximum absolute atomic E-state index is 13.1. The van der Waals surface area contributed by atoms with Crippen molar-refractivity contribution in [1.29, 1.82) is 0 Å². The molecule has 2 aromatic carbocycles. The number of benzene rings is 2. The minimum absolute atomic E-state index is 0.0199. The number of carbonyl (C=O) groups is 2. The first kappa shape index (κ1) is 22.0. The summed E-state index contributed by atoms with van der Waals surface area (Å²) >= 11 is 11.6. The molecule has 1 saturated heterocycles. The second-order valence-corrected chi connectivity index (χ2v) is 8.05. The monoisotopic (exact) mass is 442 g/mol. The third-order valence-corrected chi connectivity index (χ3v) is 5.60. The molecule has 0 aromatic heterocycles. The molecule has 1 aliphatic heterocycles. The van der Waals surface area contributed by atoms with Crippen LogP contribution in [0.15, 0.2) is 42.0 Å². The number of hydrogen-bond acceptors (Lipinski definition) is 4. The van der Waals surface area contributed by atoms with E-state index in [4.69, 9.17) is 28.6 Å². The summed E-state index contributed by atoms with van der Waals surface area (Å²) in [5.41, 5.74) is 3.32. The Morgan fingerprint density at radius 3 is 2.53 bits per heavy atom. The van der Waals surface area contributed by atoms with Crippen molar-refractivity contribution in [3.05, 3.63) is 63.7 Å². The van der Waals surface area contributed by atoms with Crippen LogP contribution in [-0.2, 0) is 9.59 Å². The summed E-state index contributed by atoms with van der Waals surface area (Å²) in [6.45, 7) is 7.93. The average molecular weight is 443 g/mol. The summed E-state index contributed by atoms with van der Waals surface area (Å²) in [5.74, 6) is -0.463. The predicted octanol–water partition coefficient (Wildman–Crippen LogP) is 4.97. The molecule has 0 spiro atoms. The SMILES string of the molecule is CCC(C)Oc1ccc(/C=C2\C(=O)NC(=S)N(c3ccc(C)c(C)c3)C2=O)cc1Cl. The van der Waals surface area contributed by atoms with E-state index in [1.807, 2.05) is 39.8 Å². The molecule has 1 fully saturated rings. The smallest absolute Gasteiger partial charge is 0.270 e. The Labute approximate surface area is 186 Å². The number of ether oxygens (including phenoxy) is 1. The normalized spacial score (nSPS) is 16.6. The number of halogens is 1. The number of thiocarbonyl (C=S) groups is 1. The van der Waals surface area contributed by atoms with Crippen LogP contribution in [0.1, 0.15) is 37.0 Å². The number of nitrogens with one attached hydrogen (secondary N) is 1. The molecule has 1 unspecified atom stereocenters. The molecule has 156 valence electrons. The maximum Gasteiger partial charge on any atom is 0.270 e. The molecule has 1 aliphatic rings. The molecule has 0 bridgehead atoms. The van der Waals surface area contributed by atoms with Crippen LogP contribution in [0.25, 0.3) is 6.08 Å². The lowest BCUT2D eigenvalue weighted by molar-refractivity contribution is -0.122. The highest BCUT2D eigenvalue weighted by Crippen LogP contribution is 2.29. The molecule has 0 saturated carbocycles. The lowest BCUT2D eigenvalue weighted by atomic mass is 10.1.